The van der Waals surface area contributed by atoms with Crippen LogP contribution in [-0.4, -0.2) is 25.4 Å². The molecule has 0 aliphatic carbocycles. The number of anilines is 1. The molecule has 0 saturated carbocycles. The molecule has 0 bridgehead atoms. The van der Waals surface area contributed by atoms with Crippen LogP contribution >= 0.6 is 0 Å². The summed E-state index contributed by atoms with van der Waals surface area (Å²) in [5, 5.41) is 3.13. The van der Waals surface area contributed by atoms with Crippen LogP contribution < -0.4 is 5.32 Å². The molecule has 1 aromatic carbocycles. The molecule has 1 aliphatic heterocycles. The number of carbonyl (C=O) groups excluding carboxylic acids is 2. The number of aldehydes is 1. The highest BCUT2D eigenvalue weighted by molar-refractivity contribution is 5.84. The van der Waals surface area contributed by atoms with Gasteiger partial charge in [-0.2, -0.15) is 0 Å². The van der Waals surface area contributed by atoms with Crippen molar-refractivity contribution in [3.63, 3.8) is 0 Å². The highest BCUT2D eigenvalue weighted by Gasteiger charge is 2.27. The molecule has 102 valence electrons. The van der Waals surface area contributed by atoms with E-state index in [2.05, 4.69) is 5.32 Å². The summed E-state index contributed by atoms with van der Waals surface area (Å²) in [5.74, 6) is 0.642. The van der Waals surface area contributed by atoms with Gasteiger partial charge in [-0.25, -0.2) is 4.79 Å². The zero-order chi connectivity index (χ0) is 14.1. The van der Waals surface area contributed by atoms with Crippen LogP contribution in [0.4, 0.5) is 5.69 Å². The molecule has 5 heteroatoms. The Bertz CT molecular complexity index is 674. The Kier molecular flexibility index (Phi) is 3.02. The van der Waals surface area contributed by atoms with Crippen LogP contribution in [0.2, 0.25) is 0 Å². The van der Waals surface area contributed by atoms with Crippen molar-refractivity contribution in [1.82, 2.24) is 0 Å². The van der Waals surface area contributed by atoms with Crippen LogP contribution in [0.15, 0.2) is 34.7 Å². The molecular weight excluding hydrogens is 258 g/mol. The van der Waals surface area contributed by atoms with E-state index in [0.29, 0.717) is 24.2 Å². The van der Waals surface area contributed by atoms with E-state index in [9.17, 15) is 9.59 Å². The van der Waals surface area contributed by atoms with Gasteiger partial charge in [0, 0.05) is 17.7 Å². The third kappa shape index (κ3) is 2.07. The summed E-state index contributed by atoms with van der Waals surface area (Å²) in [7, 11) is 1.38. The van der Waals surface area contributed by atoms with Crippen LogP contribution in [0.5, 0.6) is 0 Å². The maximum atomic E-state index is 11.5. The van der Waals surface area contributed by atoms with Crippen LogP contribution in [-0.2, 0) is 16.0 Å². The third-order valence-corrected chi connectivity index (χ3v) is 3.38. The number of methoxy groups -OCH3 is 1. The van der Waals surface area contributed by atoms with Crippen molar-refractivity contribution in [2.24, 2.45) is 0 Å². The van der Waals surface area contributed by atoms with Gasteiger partial charge in [-0.15, -0.1) is 0 Å². The van der Waals surface area contributed by atoms with Crippen molar-refractivity contribution in [3.05, 3.63) is 41.7 Å². The largest absolute Gasteiger partial charge is 0.467 e. The highest BCUT2D eigenvalue weighted by atomic mass is 16.5. The van der Waals surface area contributed by atoms with Crippen LogP contribution in [0, 0.1) is 0 Å². The fraction of sp³-hybridized carbons (Fsp3) is 0.200. The average Bonchev–Trinajstić information content (AvgIpc) is 3.11. The van der Waals surface area contributed by atoms with Crippen molar-refractivity contribution < 1.29 is 18.7 Å². The summed E-state index contributed by atoms with van der Waals surface area (Å²) in [5.41, 5.74) is 2.81. The Balaban J connectivity index is 1.88. The van der Waals surface area contributed by atoms with Crippen molar-refractivity contribution in [2.75, 3.05) is 12.4 Å². The number of benzene rings is 1. The van der Waals surface area contributed by atoms with Gasteiger partial charge in [0.2, 0.25) is 0 Å². The van der Waals surface area contributed by atoms with Gasteiger partial charge >= 0.3 is 5.97 Å². The summed E-state index contributed by atoms with van der Waals surface area (Å²) in [6.07, 6.45) is 1.28. The number of esters is 1. The van der Waals surface area contributed by atoms with Gasteiger partial charge in [-0.05, 0) is 23.8 Å². The number of hydrogen-bond donors (Lipinski definition) is 1. The zero-order valence-corrected chi connectivity index (χ0v) is 10.9. The molecule has 1 aromatic heterocycles. The molecular formula is C15H13NO4. The fourth-order valence-corrected chi connectivity index (χ4v) is 2.36. The number of nitrogens with one attached hydrogen (secondary N) is 1. The van der Waals surface area contributed by atoms with Gasteiger partial charge in [0.1, 0.15) is 11.8 Å². The Morgan fingerprint density at radius 1 is 1.40 bits per heavy atom. The molecule has 0 amide bonds. The van der Waals surface area contributed by atoms with E-state index < -0.39 is 0 Å². The van der Waals surface area contributed by atoms with E-state index >= 15 is 0 Å². The first-order chi connectivity index (χ1) is 9.71. The van der Waals surface area contributed by atoms with E-state index in [-0.39, 0.29) is 12.0 Å². The van der Waals surface area contributed by atoms with Gasteiger partial charge in [-0.1, -0.05) is 12.1 Å². The first-order valence-corrected chi connectivity index (χ1v) is 6.24. The Hall–Kier alpha value is -2.56. The zero-order valence-electron chi connectivity index (χ0n) is 10.9. The van der Waals surface area contributed by atoms with Crippen molar-refractivity contribution in [2.45, 2.75) is 12.5 Å². The molecule has 0 saturated heterocycles. The lowest BCUT2D eigenvalue weighted by atomic mass is 10.1. The molecule has 5 nitrogen and oxygen atoms in total. The molecule has 0 spiro atoms. The van der Waals surface area contributed by atoms with Gasteiger partial charge < -0.3 is 14.5 Å². The van der Waals surface area contributed by atoms with Gasteiger partial charge in [0.15, 0.2) is 12.0 Å². The van der Waals surface area contributed by atoms with E-state index in [4.69, 9.17) is 9.15 Å². The molecule has 2 aromatic rings. The second-order valence-electron chi connectivity index (χ2n) is 4.62. The van der Waals surface area contributed by atoms with E-state index in [1.807, 2.05) is 18.2 Å². The lowest BCUT2D eigenvalue weighted by molar-refractivity contribution is -0.141. The van der Waals surface area contributed by atoms with E-state index in [1.165, 1.54) is 7.11 Å². The molecule has 0 radical (unpaired) electrons. The Labute approximate surface area is 115 Å². The maximum absolute atomic E-state index is 11.5. The number of hydrogen-bond acceptors (Lipinski definition) is 5. The summed E-state index contributed by atoms with van der Waals surface area (Å²) >= 11 is 0. The van der Waals surface area contributed by atoms with Gasteiger partial charge in [0.05, 0.1) is 7.11 Å². The minimum atomic E-state index is -0.340. The Morgan fingerprint density at radius 2 is 2.25 bits per heavy atom. The first kappa shape index (κ1) is 12.5. The van der Waals surface area contributed by atoms with E-state index in [1.54, 1.807) is 12.1 Å². The van der Waals surface area contributed by atoms with Crippen molar-refractivity contribution in [3.8, 4) is 11.3 Å². The molecule has 3 rings (SSSR count). The summed E-state index contributed by atoms with van der Waals surface area (Å²) in [6, 6.07) is 8.80. The number of fused-ring (bicyclic) bond motifs is 1. The van der Waals surface area contributed by atoms with Gasteiger partial charge in [-0.3, -0.25) is 4.79 Å². The lowest BCUT2D eigenvalue weighted by Gasteiger charge is -2.07. The van der Waals surface area contributed by atoms with Crippen LogP contribution in [0.3, 0.4) is 0 Å². The lowest BCUT2D eigenvalue weighted by Crippen LogP contribution is -2.27. The second kappa shape index (κ2) is 4.85. The molecule has 1 N–H and O–H groups in total. The van der Waals surface area contributed by atoms with Crippen LogP contribution in [0.1, 0.15) is 16.1 Å². The van der Waals surface area contributed by atoms with E-state index in [0.717, 1.165) is 16.8 Å². The van der Waals surface area contributed by atoms with Crippen molar-refractivity contribution >= 4 is 17.9 Å². The normalized spacial score (nSPS) is 16.4. The second-order valence-corrected chi connectivity index (χ2v) is 4.62. The smallest absolute Gasteiger partial charge is 0.328 e. The molecule has 1 atom stereocenters. The first-order valence-electron chi connectivity index (χ1n) is 6.24. The maximum Gasteiger partial charge on any atom is 0.328 e. The average molecular weight is 271 g/mol. The standard InChI is InChI=1S/C15H13NO4/c1-19-15(18)13-6-9-2-3-10(7-12(9)16-13)14-5-4-11(8-17)20-14/h2-5,7-8,13,16H,6H2,1H3. The number of ether oxygens (including phenoxy) is 1. The fourth-order valence-electron chi connectivity index (χ4n) is 2.36. The number of rotatable bonds is 3. The Morgan fingerprint density at radius 3 is 2.95 bits per heavy atom. The third-order valence-electron chi connectivity index (χ3n) is 3.38. The summed E-state index contributed by atoms with van der Waals surface area (Å²) < 4.78 is 10.1. The minimum absolute atomic E-state index is 0.274. The highest BCUT2D eigenvalue weighted by Crippen LogP contribution is 2.32. The molecule has 1 unspecified atom stereocenters. The van der Waals surface area contributed by atoms with Crippen molar-refractivity contribution in [1.29, 1.82) is 0 Å². The topological polar surface area (TPSA) is 68.5 Å². The van der Waals surface area contributed by atoms with Crippen LogP contribution in [0.25, 0.3) is 11.3 Å². The summed E-state index contributed by atoms with van der Waals surface area (Å²) in [4.78, 5) is 22.2. The monoisotopic (exact) mass is 271 g/mol. The SMILES string of the molecule is COC(=O)C1Cc2ccc(-c3ccc(C=O)o3)cc2N1. The minimum Gasteiger partial charge on any atom is -0.467 e. The number of carbonyl (C=O) groups is 2. The predicted octanol–water partition coefficient (Wildman–Crippen LogP) is 2.27. The number of furan rings is 1. The predicted molar refractivity (Wildman–Crippen MR) is 72.7 cm³/mol. The quantitative estimate of drug-likeness (QED) is 0.685. The molecule has 0 fully saturated rings. The van der Waals surface area contributed by atoms with Gasteiger partial charge in [0.25, 0.3) is 0 Å². The molecule has 2 heterocycles. The summed E-state index contributed by atoms with van der Waals surface area (Å²) in [6.45, 7) is 0. The molecule has 20 heavy (non-hydrogen) atoms. The molecule has 1 aliphatic rings.